The normalized spacial score (nSPS) is 15.1. The Hall–Kier alpha value is -1.92. The van der Waals surface area contributed by atoms with E-state index in [0.29, 0.717) is 10.7 Å². The van der Waals surface area contributed by atoms with Gasteiger partial charge in [-0.05, 0) is 31.9 Å². The number of rotatable bonds is 6. The van der Waals surface area contributed by atoms with Crippen LogP contribution in [-0.2, 0) is 16.0 Å². The van der Waals surface area contributed by atoms with Gasteiger partial charge in [0.25, 0.3) is 0 Å². The highest BCUT2D eigenvalue weighted by atomic mass is 35.5. The van der Waals surface area contributed by atoms with Gasteiger partial charge in [0.05, 0.1) is 12.1 Å². The van der Waals surface area contributed by atoms with Gasteiger partial charge >= 0.3 is 5.97 Å². The number of thiazole rings is 1. The number of aliphatic carboxylic acids is 1. The van der Waals surface area contributed by atoms with E-state index in [0.717, 1.165) is 23.4 Å². The highest BCUT2D eigenvalue weighted by molar-refractivity contribution is 7.13. The number of amides is 1. The molecule has 1 N–H and O–H groups in total. The highest BCUT2D eigenvalue weighted by Crippen LogP contribution is 2.30. The lowest BCUT2D eigenvalue weighted by Crippen LogP contribution is -2.45. The van der Waals surface area contributed by atoms with E-state index in [1.54, 1.807) is 19.1 Å². The van der Waals surface area contributed by atoms with Gasteiger partial charge in [-0.2, -0.15) is 0 Å². The first-order valence-corrected chi connectivity index (χ1v) is 8.96. The summed E-state index contributed by atoms with van der Waals surface area (Å²) in [7, 11) is 0. The zero-order chi connectivity index (χ0) is 17.3. The third kappa shape index (κ3) is 3.76. The Bertz CT molecular complexity index is 755. The lowest BCUT2D eigenvalue weighted by molar-refractivity contribution is -0.149. The van der Waals surface area contributed by atoms with Crippen LogP contribution in [0, 0.1) is 0 Å². The van der Waals surface area contributed by atoms with Crippen LogP contribution in [0.3, 0.4) is 0 Å². The number of benzene rings is 1. The van der Waals surface area contributed by atoms with Gasteiger partial charge in [-0.3, -0.25) is 4.79 Å². The molecular weight excluding hydrogens is 348 g/mol. The number of carboxylic acids is 1. The molecule has 1 aliphatic carbocycles. The van der Waals surface area contributed by atoms with Crippen LogP contribution in [-0.4, -0.2) is 39.0 Å². The maximum absolute atomic E-state index is 12.5. The van der Waals surface area contributed by atoms with Crippen molar-refractivity contribution >= 4 is 34.8 Å². The van der Waals surface area contributed by atoms with Crippen LogP contribution in [0.5, 0.6) is 0 Å². The molecule has 0 aliphatic heterocycles. The minimum atomic E-state index is -0.976. The molecule has 1 amide bonds. The van der Waals surface area contributed by atoms with Crippen LogP contribution in [0.1, 0.15) is 25.5 Å². The molecule has 1 fully saturated rings. The first-order chi connectivity index (χ1) is 11.5. The Kier molecular flexibility index (Phi) is 4.87. The topological polar surface area (TPSA) is 70.5 Å². The van der Waals surface area contributed by atoms with Crippen LogP contribution < -0.4 is 0 Å². The molecule has 1 aromatic heterocycles. The Morgan fingerprint density at radius 1 is 1.38 bits per heavy atom. The number of hydrogen-bond acceptors (Lipinski definition) is 4. The third-order valence-electron chi connectivity index (χ3n) is 3.98. The Morgan fingerprint density at radius 3 is 2.62 bits per heavy atom. The lowest BCUT2D eigenvalue weighted by Gasteiger charge is -2.26. The average Bonchev–Trinajstić information content (AvgIpc) is 3.26. The van der Waals surface area contributed by atoms with E-state index < -0.39 is 12.0 Å². The number of carboxylic acid groups (broad SMARTS) is 1. The second-order valence-corrected chi connectivity index (χ2v) is 7.17. The number of hydrogen-bond donors (Lipinski definition) is 1. The Labute approximate surface area is 148 Å². The summed E-state index contributed by atoms with van der Waals surface area (Å²) < 4.78 is 0. The average molecular weight is 365 g/mol. The molecule has 5 nitrogen and oxygen atoms in total. The van der Waals surface area contributed by atoms with Crippen LogP contribution >= 0.6 is 22.9 Å². The van der Waals surface area contributed by atoms with Crippen LogP contribution in [0.15, 0.2) is 29.6 Å². The predicted octanol–water partition coefficient (Wildman–Crippen LogP) is 3.47. The zero-order valence-corrected chi connectivity index (χ0v) is 14.7. The quantitative estimate of drug-likeness (QED) is 0.852. The molecule has 1 saturated carbocycles. The number of carbonyl (C=O) groups is 2. The summed E-state index contributed by atoms with van der Waals surface area (Å²) in [5.74, 6) is -1.16. The van der Waals surface area contributed by atoms with E-state index in [1.807, 2.05) is 17.5 Å². The first-order valence-electron chi connectivity index (χ1n) is 7.70. The Morgan fingerprint density at radius 2 is 2.04 bits per heavy atom. The number of halogens is 1. The minimum absolute atomic E-state index is 0.0537. The molecule has 0 spiro atoms. The van der Waals surface area contributed by atoms with E-state index in [-0.39, 0.29) is 18.4 Å². The van der Waals surface area contributed by atoms with Crippen molar-refractivity contribution < 1.29 is 14.7 Å². The third-order valence-corrected chi connectivity index (χ3v) is 5.17. The van der Waals surface area contributed by atoms with Crippen molar-refractivity contribution in [1.82, 2.24) is 9.88 Å². The molecule has 0 bridgehead atoms. The van der Waals surface area contributed by atoms with Crippen LogP contribution in [0.2, 0.25) is 5.02 Å². The van der Waals surface area contributed by atoms with Gasteiger partial charge in [0, 0.05) is 22.0 Å². The summed E-state index contributed by atoms with van der Waals surface area (Å²) in [6, 6.07) is 6.61. The number of carbonyl (C=O) groups excluding carboxylic acids is 1. The van der Waals surface area contributed by atoms with Crippen LogP contribution in [0.4, 0.5) is 0 Å². The molecule has 3 rings (SSSR count). The van der Waals surface area contributed by atoms with E-state index in [9.17, 15) is 14.7 Å². The fourth-order valence-corrected chi connectivity index (χ4v) is 3.52. The van der Waals surface area contributed by atoms with Gasteiger partial charge in [-0.1, -0.05) is 23.7 Å². The van der Waals surface area contributed by atoms with E-state index in [4.69, 9.17) is 11.6 Å². The molecular formula is C17H17ClN2O3S. The fraction of sp³-hybridized carbons (Fsp3) is 0.353. The zero-order valence-electron chi connectivity index (χ0n) is 13.1. The molecule has 1 heterocycles. The molecule has 1 atom stereocenters. The Balaban J connectivity index is 1.72. The van der Waals surface area contributed by atoms with Gasteiger partial charge < -0.3 is 10.0 Å². The number of aromatic nitrogens is 1. The van der Waals surface area contributed by atoms with Crippen molar-refractivity contribution in [2.24, 2.45) is 0 Å². The molecule has 7 heteroatoms. The molecule has 2 aromatic rings. The smallest absolute Gasteiger partial charge is 0.326 e. The summed E-state index contributed by atoms with van der Waals surface area (Å²) >= 11 is 7.34. The van der Waals surface area contributed by atoms with E-state index in [1.165, 1.54) is 16.2 Å². The highest BCUT2D eigenvalue weighted by Gasteiger charge is 2.38. The molecule has 1 aromatic carbocycles. The summed E-state index contributed by atoms with van der Waals surface area (Å²) in [6.07, 6.45) is 1.87. The van der Waals surface area contributed by atoms with Gasteiger partial charge in [0.2, 0.25) is 5.91 Å². The summed E-state index contributed by atoms with van der Waals surface area (Å²) in [5, 5.41) is 12.5. The van der Waals surface area contributed by atoms with Gasteiger partial charge in [-0.25, -0.2) is 9.78 Å². The lowest BCUT2D eigenvalue weighted by atomic mass is 10.2. The maximum Gasteiger partial charge on any atom is 0.326 e. The molecule has 1 aliphatic rings. The van der Waals surface area contributed by atoms with Crippen LogP contribution in [0.25, 0.3) is 10.6 Å². The predicted molar refractivity (Wildman–Crippen MR) is 93.2 cm³/mol. The standard InChI is InChI=1S/C17H17ClN2O3S/c1-10(17(22)23)20(14-6-7-14)15(21)8-13-9-24-16(19-13)11-2-4-12(18)5-3-11/h2-5,9-10,14H,6-8H2,1H3,(H,22,23). The minimum Gasteiger partial charge on any atom is -0.480 e. The van der Waals surface area contributed by atoms with Gasteiger partial charge in [-0.15, -0.1) is 11.3 Å². The fourth-order valence-electron chi connectivity index (χ4n) is 2.57. The van der Waals surface area contributed by atoms with Gasteiger partial charge in [0.15, 0.2) is 0 Å². The SMILES string of the molecule is CC(C(=O)O)N(C(=O)Cc1csc(-c2ccc(Cl)cc2)n1)C1CC1. The van der Waals surface area contributed by atoms with Crippen molar-refractivity contribution in [1.29, 1.82) is 0 Å². The van der Waals surface area contributed by atoms with Crippen molar-refractivity contribution in [2.45, 2.75) is 38.3 Å². The molecule has 24 heavy (non-hydrogen) atoms. The molecule has 0 saturated heterocycles. The first kappa shape index (κ1) is 16.9. The van der Waals surface area contributed by atoms with Crippen molar-refractivity contribution in [3.63, 3.8) is 0 Å². The number of nitrogens with zero attached hydrogens (tertiary/aromatic N) is 2. The van der Waals surface area contributed by atoms with Crippen molar-refractivity contribution in [3.05, 3.63) is 40.4 Å². The second-order valence-electron chi connectivity index (χ2n) is 5.87. The molecule has 126 valence electrons. The van der Waals surface area contributed by atoms with Gasteiger partial charge in [0.1, 0.15) is 11.0 Å². The maximum atomic E-state index is 12.5. The second kappa shape index (κ2) is 6.91. The van der Waals surface area contributed by atoms with Crippen molar-refractivity contribution in [2.75, 3.05) is 0 Å². The summed E-state index contributed by atoms with van der Waals surface area (Å²) in [6.45, 7) is 1.55. The summed E-state index contributed by atoms with van der Waals surface area (Å²) in [5.41, 5.74) is 1.61. The van der Waals surface area contributed by atoms with Crippen molar-refractivity contribution in [3.8, 4) is 10.6 Å². The van der Waals surface area contributed by atoms with E-state index in [2.05, 4.69) is 4.98 Å². The molecule has 0 radical (unpaired) electrons. The monoisotopic (exact) mass is 364 g/mol. The summed E-state index contributed by atoms with van der Waals surface area (Å²) in [4.78, 5) is 29.8. The largest absolute Gasteiger partial charge is 0.480 e. The van der Waals surface area contributed by atoms with E-state index >= 15 is 0 Å². The molecule has 1 unspecified atom stereocenters.